The standard InChI is InChI=1S/C16H16N2O2S/c1-12-4-6-13(7-5-12)18-16(20)17-11-15-9-8-14(21-15)3-2-10-19/h4-9,19H,10-11H2,1H3,(H2,17,18,20). The summed E-state index contributed by atoms with van der Waals surface area (Å²) in [6.07, 6.45) is 0. The van der Waals surface area contributed by atoms with Crippen LogP contribution in [0.2, 0.25) is 0 Å². The van der Waals surface area contributed by atoms with Crippen molar-refractivity contribution < 1.29 is 9.90 Å². The summed E-state index contributed by atoms with van der Waals surface area (Å²) in [6, 6.07) is 11.2. The van der Waals surface area contributed by atoms with Crippen molar-refractivity contribution in [1.29, 1.82) is 0 Å². The number of anilines is 1. The molecule has 2 aromatic rings. The molecule has 2 rings (SSSR count). The van der Waals surface area contributed by atoms with Gasteiger partial charge in [-0.1, -0.05) is 29.5 Å². The summed E-state index contributed by atoms with van der Waals surface area (Å²) < 4.78 is 0. The molecule has 0 saturated heterocycles. The summed E-state index contributed by atoms with van der Waals surface area (Å²) in [5.41, 5.74) is 1.91. The zero-order chi connectivity index (χ0) is 15.1. The molecule has 1 aromatic heterocycles. The molecule has 0 bridgehead atoms. The molecule has 0 spiro atoms. The van der Waals surface area contributed by atoms with Crippen molar-refractivity contribution in [2.75, 3.05) is 11.9 Å². The molecule has 5 heteroatoms. The quantitative estimate of drug-likeness (QED) is 0.763. The Morgan fingerprint density at radius 2 is 2.00 bits per heavy atom. The van der Waals surface area contributed by atoms with E-state index in [4.69, 9.17) is 5.11 Å². The maximum Gasteiger partial charge on any atom is 0.319 e. The van der Waals surface area contributed by atoms with Crippen LogP contribution in [0.1, 0.15) is 15.3 Å². The van der Waals surface area contributed by atoms with Crippen LogP contribution in [0.15, 0.2) is 36.4 Å². The van der Waals surface area contributed by atoms with Crippen molar-refractivity contribution in [3.05, 3.63) is 51.7 Å². The van der Waals surface area contributed by atoms with Crippen LogP contribution in [0.3, 0.4) is 0 Å². The first-order valence-corrected chi connectivity index (χ1v) is 7.29. The van der Waals surface area contributed by atoms with Crippen LogP contribution in [-0.4, -0.2) is 17.7 Å². The summed E-state index contributed by atoms with van der Waals surface area (Å²) in [7, 11) is 0. The van der Waals surface area contributed by atoms with Crippen molar-refractivity contribution >= 4 is 23.1 Å². The van der Waals surface area contributed by atoms with E-state index < -0.39 is 0 Å². The smallest absolute Gasteiger partial charge is 0.319 e. The Hall–Kier alpha value is -2.29. The van der Waals surface area contributed by atoms with Gasteiger partial charge in [-0.25, -0.2) is 4.79 Å². The molecule has 1 heterocycles. The van der Waals surface area contributed by atoms with Gasteiger partial charge >= 0.3 is 6.03 Å². The second kappa shape index (κ2) is 7.48. The van der Waals surface area contributed by atoms with E-state index in [1.165, 1.54) is 11.3 Å². The number of thiophene rings is 1. The number of benzene rings is 1. The number of hydrogen-bond acceptors (Lipinski definition) is 3. The molecular formula is C16H16N2O2S. The Morgan fingerprint density at radius 1 is 1.24 bits per heavy atom. The van der Waals surface area contributed by atoms with E-state index in [0.717, 1.165) is 21.0 Å². The van der Waals surface area contributed by atoms with Crippen LogP contribution in [0.25, 0.3) is 0 Å². The molecule has 0 aliphatic heterocycles. The Labute approximate surface area is 127 Å². The average Bonchev–Trinajstić information content (AvgIpc) is 2.93. The number of hydrogen-bond donors (Lipinski definition) is 3. The molecule has 21 heavy (non-hydrogen) atoms. The predicted octanol–water partition coefficient (Wildman–Crippen LogP) is 2.72. The molecule has 0 atom stereocenters. The van der Waals surface area contributed by atoms with E-state index in [1.54, 1.807) is 0 Å². The topological polar surface area (TPSA) is 61.4 Å². The highest BCUT2D eigenvalue weighted by Gasteiger charge is 2.03. The molecule has 108 valence electrons. The molecule has 0 unspecified atom stereocenters. The largest absolute Gasteiger partial charge is 0.384 e. The van der Waals surface area contributed by atoms with Crippen molar-refractivity contribution in [3.8, 4) is 11.8 Å². The number of aliphatic hydroxyl groups is 1. The second-order valence-electron chi connectivity index (χ2n) is 4.40. The van der Waals surface area contributed by atoms with Crippen molar-refractivity contribution in [3.63, 3.8) is 0 Å². The van der Waals surface area contributed by atoms with Crippen LogP contribution >= 0.6 is 11.3 Å². The Kier molecular flexibility index (Phi) is 5.38. The normalized spacial score (nSPS) is 9.62. The number of urea groups is 1. The van der Waals surface area contributed by atoms with Gasteiger partial charge in [-0.05, 0) is 31.2 Å². The van der Waals surface area contributed by atoms with Gasteiger partial charge in [0.25, 0.3) is 0 Å². The predicted molar refractivity (Wildman–Crippen MR) is 85.3 cm³/mol. The average molecular weight is 300 g/mol. The number of aliphatic hydroxyl groups excluding tert-OH is 1. The van der Waals surface area contributed by atoms with Crippen LogP contribution < -0.4 is 10.6 Å². The molecule has 2 amide bonds. The molecule has 0 saturated carbocycles. The number of carbonyl (C=O) groups excluding carboxylic acids is 1. The number of aryl methyl sites for hydroxylation is 1. The third-order valence-electron chi connectivity index (χ3n) is 2.68. The highest BCUT2D eigenvalue weighted by atomic mass is 32.1. The van der Waals surface area contributed by atoms with Gasteiger partial charge in [0.1, 0.15) is 6.61 Å². The second-order valence-corrected chi connectivity index (χ2v) is 5.57. The van der Waals surface area contributed by atoms with Gasteiger partial charge in [0, 0.05) is 10.6 Å². The lowest BCUT2D eigenvalue weighted by Crippen LogP contribution is -2.27. The Morgan fingerprint density at radius 3 is 2.71 bits per heavy atom. The molecule has 0 aliphatic carbocycles. The number of nitrogens with one attached hydrogen (secondary N) is 2. The third-order valence-corrected chi connectivity index (χ3v) is 3.69. The number of rotatable bonds is 3. The van der Waals surface area contributed by atoms with Crippen molar-refractivity contribution in [1.82, 2.24) is 5.32 Å². The van der Waals surface area contributed by atoms with Crippen LogP contribution in [-0.2, 0) is 6.54 Å². The number of amides is 2. The fourth-order valence-electron chi connectivity index (χ4n) is 1.65. The van der Waals surface area contributed by atoms with Crippen LogP contribution in [0.4, 0.5) is 10.5 Å². The molecule has 0 radical (unpaired) electrons. The first-order valence-electron chi connectivity index (χ1n) is 6.47. The molecule has 1 aromatic carbocycles. The lowest BCUT2D eigenvalue weighted by Gasteiger charge is -2.06. The SMILES string of the molecule is Cc1ccc(NC(=O)NCc2ccc(C#CCO)s2)cc1. The minimum atomic E-state index is -0.241. The number of carbonyl (C=O) groups is 1. The van der Waals surface area contributed by atoms with E-state index >= 15 is 0 Å². The summed E-state index contributed by atoms with van der Waals surface area (Å²) in [6.45, 7) is 2.30. The Bertz CT molecular complexity index is 666. The molecule has 4 nitrogen and oxygen atoms in total. The molecular weight excluding hydrogens is 284 g/mol. The summed E-state index contributed by atoms with van der Waals surface area (Å²) >= 11 is 1.50. The van der Waals surface area contributed by atoms with Crippen LogP contribution in [0.5, 0.6) is 0 Å². The van der Waals surface area contributed by atoms with Gasteiger partial charge in [-0.15, -0.1) is 11.3 Å². The first kappa shape index (κ1) is 15.1. The minimum Gasteiger partial charge on any atom is -0.384 e. The van der Waals surface area contributed by atoms with Crippen molar-refractivity contribution in [2.24, 2.45) is 0 Å². The lowest BCUT2D eigenvalue weighted by molar-refractivity contribution is 0.252. The fourth-order valence-corrected chi connectivity index (χ4v) is 2.47. The van der Waals surface area contributed by atoms with E-state index in [-0.39, 0.29) is 12.6 Å². The summed E-state index contributed by atoms with van der Waals surface area (Å²) in [5.74, 6) is 5.43. The summed E-state index contributed by atoms with van der Waals surface area (Å²) in [4.78, 5) is 13.7. The maximum absolute atomic E-state index is 11.8. The molecule has 3 N–H and O–H groups in total. The van der Waals surface area contributed by atoms with E-state index in [9.17, 15) is 4.79 Å². The lowest BCUT2D eigenvalue weighted by atomic mass is 10.2. The van der Waals surface area contributed by atoms with Gasteiger partial charge in [-0.3, -0.25) is 0 Å². The zero-order valence-corrected chi connectivity index (χ0v) is 12.5. The fraction of sp³-hybridized carbons (Fsp3) is 0.188. The van der Waals surface area contributed by atoms with E-state index in [1.807, 2.05) is 43.3 Å². The van der Waals surface area contributed by atoms with E-state index in [0.29, 0.717) is 6.54 Å². The maximum atomic E-state index is 11.8. The van der Waals surface area contributed by atoms with Gasteiger partial charge < -0.3 is 15.7 Å². The molecule has 0 fully saturated rings. The van der Waals surface area contributed by atoms with Gasteiger partial charge in [0.2, 0.25) is 0 Å². The molecule has 0 aliphatic rings. The Balaban J connectivity index is 1.83. The van der Waals surface area contributed by atoms with Crippen LogP contribution in [0, 0.1) is 18.8 Å². The highest BCUT2D eigenvalue weighted by molar-refractivity contribution is 7.12. The van der Waals surface area contributed by atoms with Gasteiger partial charge in [0.15, 0.2) is 0 Å². The third kappa shape index (κ3) is 4.95. The zero-order valence-electron chi connectivity index (χ0n) is 11.6. The minimum absolute atomic E-state index is 0.148. The first-order chi connectivity index (χ1) is 10.2. The van der Waals surface area contributed by atoms with E-state index in [2.05, 4.69) is 22.5 Å². The summed E-state index contributed by atoms with van der Waals surface area (Å²) in [5, 5.41) is 14.2. The monoisotopic (exact) mass is 300 g/mol. The van der Waals surface area contributed by atoms with Gasteiger partial charge in [0.05, 0.1) is 11.4 Å². The van der Waals surface area contributed by atoms with Gasteiger partial charge in [-0.2, -0.15) is 0 Å². The van der Waals surface area contributed by atoms with Crippen molar-refractivity contribution in [2.45, 2.75) is 13.5 Å². The highest BCUT2D eigenvalue weighted by Crippen LogP contribution is 2.15.